The second kappa shape index (κ2) is 6.48. The molecule has 22 heavy (non-hydrogen) atoms. The molecule has 1 aromatic heterocycles. The third-order valence-corrected chi connectivity index (χ3v) is 4.20. The molecule has 0 bridgehead atoms. The lowest BCUT2D eigenvalue weighted by Crippen LogP contribution is -2.11. The molecule has 1 unspecified atom stereocenters. The quantitative estimate of drug-likeness (QED) is 0.785. The van der Waals surface area contributed by atoms with E-state index in [-0.39, 0.29) is 6.54 Å². The van der Waals surface area contributed by atoms with Crippen LogP contribution in [0.5, 0.6) is 0 Å². The molecule has 1 N–H and O–H groups in total. The Hall–Kier alpha value is -1.88. The fraction of sp³-hybridized carbons (Fsp3) is 0.125. The zero-order valence-corrected chi connectivity index (χ0v) is 13.0. The molecule has 0 amide bonds. The first kappa shape index (κ1) is 15.0. The number of aromatic nitrogens is 3. The van der Waals surface area contributed by atoms with E-state index in [9.17, 15) is 5.11 Å². The van der Waals surface area contributed by atoms with Gasteiger partial charge in [0.15, 0.2) is 0 Å². The predicted octanol–water partition coefficient (Wildman–Crippen LogP) is 3.99. The van der Waals surface area contributed by atoms with Gasteiger partial charge in [-0.05, 0) is 17.2 Å². The summed E-state index contributed by atoms with van der Waals surface area (Å²) in [5.74, 6) is 0. The van der Waals surface area contributed by atoms with Crippen molar-refractivity contribution in [3.63, 3.8) is 0 Å². The molecule has 0 aliphatic heterocycles. The number of hydrogen-bond donors (Lipinski definition) is 1. The average molecular weight is 334 g/mol. The Labute approximate surface area is 138 Å². The first-order chi connectivity index (χ1) is 10.7. The minimum atomic E-state index is -0.844. The molecule has 1 atom stereocenters. The lowest BCUT2D eigenvalue weighted by atomic mass is 9.96. The van der Waals surface area contributed by atoms with Crippen molar-refractivity contribution in [3.05, 3.63) is 70.7 Å². The van der Waals surface area contributed by atoms with Crippen LogP contribution in [0.4, 0.5) is 0 Å². The molecule has 2 aromatic carbocycles. The summed E-state index contributed by atoms with van der Waals surface area (Å²) in [7, 11) is 0. The van der Waals surface area contributed by atoms with E-state index in [1.165, 1.54) is 6.33 Å². The van der Waals surface area contributed by atoms with E-state index in [0.717, 1.165) is 11.1 Å². The van der Waals surface area contributed by atoms with Gasteiger partial charge in [-0.15, -0.1) is 0 Å². The largest absolute Gasteiger partial charge is 0.386 e. The first-order valence-electron chi connectivity index (χ1n) is 6.70. The van der Waals surface area contributed by atoms with E-state index in [1.807, 2.05) is 36.4 Å². The van der Waals surface area contributed by atoms with Crippen molar-refractivity contribution in [1.29, 1.82) is 0 Å². The van der Waals surface area contributed by atoms with E-state index < -0.39 is 6.10 Å². The highest BCUT2D eigenvalue weighted by molar-refractivity contribution is 6.42. The number of rotatable bonds is 4. The van der Waals surface area contributed by atoms with Crippen molar-refractivity contribution in [2.75, 3.05) is 0 Å². The molecule has 0 aliphatic rings. The van der Waals surface area contributed by atoms with Gasteiger partial charge in [-0.3, -0.25) is 4.68 Å². The van der Waals surface area contributed by atoms with Crippen LogP contribution in [0.3, 0.4) is 0 Å². The van der Waals surface area contributed by atoms with Gasteiger partial charge < -0.3 is 5.11 Å². The van der Waals surface area contributed by atoms with Gasteiger partial charge in [0.05, 0.1) is 16.6 Å². The molecule has 0 saturated carbocycles. The molecule has 0 saturated heterocycles. The van der Waals surface area contributed by atoms with Crippen LogP contribution in [-0.4, -0.2) is 19.9 Å². The van der Waals surface area contributed by atoms with Crippen molar-refractivity contribution in [3.8, 4) is 11.1 Å². The summed E-state index contributed by atoms with van der Waals surface area (Å²) in [6, 6.07) is 13.3. The van der Waals surface area contributed by atoms with Gasteiger partial charge in [0.2, 0.25) is 0 Å². The summed E-state index contributed by atoms with van der Waals surface area (Å²) in [5.41, 5.74) is 2.41. The number of halogens is 2. The van der Waals surface area contributed by atoms with Crippen LogP contribution in [0.15, 0.2) is 55.1 Å². The van der Waals surface area contributed by atoms with E-state index in [1.54, 1.807) is 17.1 Å². The van der Waals surface area contributed by atoms with Gasteiger partial charge in [-0.2, -0.15) is 5.10 Å². The fourth-order valence-corrected chi connectivity index (χ4v) is 2.81. The SMILES string of the molecule is OC(Cn1cncn1)c1c(-c2ccccc2)ccc(Cl)c1Cl. The molecule has 0 radical (unpaired) electrons. The van der Waals surface area contributed by atoms with Crippen LogP contribution in [0.1, 0.15) is 11.7 Å². The third kappa shape index (κ3) is 2.99. The summed E-state index contributed by atoms with van der Waals surface area (Å²) < 4.78 is 1.55. The average Bonchev–Trinajstić information content (AvgIpc) is 3.03. The van der Waals surface area contributed by atoms with Gasteiger partial charge in [0, 0.05) is 5.56 Å². The second-order valence-corrected chi connectivity index (χ2v) is 5.61. The van der Waals surface area contributed by atoms with Crippen LogP contribution in [-0.2, 0) is 6.54 Å². The normalized spacial score (nSPS) is 12.3. The Morgan fingerprint density at radius 1 is 1.09 bits per heavy atom. The Morgan fingerprint density at radius 3 is 2.55 bits per heavy atom. The number of aliphatic hydroxyl groups excluding tert-OH is 1. The molecule has 6 heteroatoms. The smallest absolute Gasteiger partial charge is 0.137 e. The Morgan fingerprint density at radius 2 is 1.86 bits per heavy atom. The van der Waals surface area contributed by atoms with Crippen LogP contribution in [0.2, 0.25) is 10.0 Å². The fourth-order valence-electron chi connectivity index (χ4n) is 2.36. The Bertz CT molecular complexity index is 761. The summed E-state index contributed by atoms with van der Waals surface area (Å²) in [6.07, 6.45) is 2.12. The van der Waals surface area contributed by atoms with E-state index in [2.05, 4.69) is 10.1 Å². The highest BCUT2D eigenvalue weighted by Gasteiger charge is 2.20. The van der Waals surface area contributed by atoms with E-state index >= 15 is 0 Å². The molecule has 0 fully saturated rings. The molecular weight excluding hydrogens is 321 g/mol. The van der Waals surface area contributed by atoms with Gasteiger partial charge in [-0.25, -0.2) is 4.98 Å². The van der Waals surface area contributed by atoms with Crippen LogP contribution in [0.25, 0.3) is 11.1 Å². The van der Waals surface area contributed by atoms with Crippen molar-refractivity contribution in [2.24, 2.45) is 0 Å². The molecular formula is C16H13Cl2N3O. The molecule has 0 aliphatic carbocycles. The summed E-state index contributed by atoms with van der Waals surface area (Å²) >= 11 is 12.5. The second-order valence-electron chi connectivity index (χ2n) is 4.82. The Kier molecular flexibility index (Phi) is 4.43. The van der Waals surface area contributed by atoms with Crippen molar-refractivity contribution in [2.45, 2.75) is 12.6 Å². The lowest BCUT2D eigenvalue weighted by molar-refractivity contribution is 0.152. The van der Waals surface area contributed by atoms with Gasteiger partial charge in [-0.1, -0.05) is 59.6 Å². The maximum absolute atomic E-state index is 10.6. The van der Waals surface area contributed by atoms with Crippen molar-refractivity contribution >= 4 is 23.2 Å². The van der Waals surface area contributed by atoms with Crippen molar-refractivity contribution < 1.29 is 5.11 Å². The summed E-state index contributed by atoms with van der Waals surface area (Å²) in [5, 5.41) is 15.4. The number of aliphatic hydroxyl groups is 1. The monoisotopic (exact) mass is 333 g/mol. The third-order valence-electron chi connectivity index (χ3n) is 3.38. The highest BCUT2D eigenvalue weighted by atomic mass is 35.5. The van der Waals surface area contributed by atoms with Gasteiger partial charge in [0.1, 0.15) is 18.8 Å². The topological polar surface area (TPSA) is 50.9 Å². The minimum absolute atomic E-state index is 0.250. The molecule has 4 nitrogen and oxygen atoms in total. The van der Waals surface area contributed by atoms with Gasteiger partial charge >= 0.3 is 0 Å². The van der Waals surface area contributed by atoms with Crippen LogP contribution >= 0.6 is 23.2 Å². The first-order valence-corrected chi connectivity index (χ1v) is 7.46. The number of benzene rings is 2. The zero-order chi connectivity index (χ0) is 15.5. The number of nitrogens with zero attached hydrogens (tertiary/aromatic N) is 3. The van der Waals surface area contributed by atoms with Crippen molar-refractivity contribution in [1.82, 2.24) is 14.8 Å². The standard InChI is InChI=1S/C16H13Cl2N3O/c17-13-7-6-12(11-4-2-1-3-5-11)15(16(13)18)14(22)8-21-10-19-9-20-21/h1-7,9-10,14,22H,8H2. The maximum Gasteiger partial charge on any atom is 0.137 e. The molecule has 3 aromatic rings. The highest BCUT2D eigenvalue weighted by Crippen LogP contribution is 2.38. The van der Waals surface area contributed by atoms with Gasteiger partial charge in [0.25, 0.3) is 0 Å². The maximum atomic E-state index is 10.6. The predicted molar refractivity (Wildman–Crippen MR) is 86.9 cm³/mol. The lowest BCUT2D eigenvalue weighted by Gasteiger charge is -2.18. The summed E-state index contributed by atoms with van der Waals surface area (Å²) in [4.78, 5) is 3.87. The minimum Gasteiger partial charge on any atom is -0.386 e. The molecule has 1 heterocycles. The van der Waals surface area contributed by atoms with E-state index in [0.29, 0.717) is 15.6 Å². The molecule has 3 rings (SSSR count). The van der Waals surface area contributed by atoms with Crippen LogP contribution < -0.4 is 0 Å². The van der Waals surface area contributed by atoms with Crippen LogP contribution in [0, 0.1) is 0 Å². The molecule has 0 spiro atoms. The number of hydrogen-bond acceptors (Lipinski definition) is 3. The zero-order valence-electron chi connectivity index (χ0n) is 11.5. The molecule has 112 valence electrons. The Balaban J connectivity index is 2.06. The van der Waals surface area contributed by atoms with E-state index in [4.69, 9.17) is 23.2 Å². The summed E-state index contributed by atoms with van der Waals surface area (Å²) in [6.45, 7) is 0.250.